The van der Waals surface area contributed by atoms with E-state index in [0.717, 1.165) is 25.7 Å². The Morgan fingerprint density at radius 1 is 1.12 bits per heavy atom. The van der Waals surface area contributed by atoms with Crippen molar-refractivity contribution in [2.45, 2.75) is 44.2 Å². The van der Waals surface area contributed by atoms with Crippen molar-refractivity contribution in [1.29, 1.82) is 0 Å². The highest BCUT2D eigenvalue weighted by atomic mass is 19.1. The van der Waals surface area contributed by atoms with Crippen molar-refractivity contribution in [2.24, 2.45) is 17.6 Å². The summed E-state index contributed by atoms with van der Waals surface area (Å²) in [4.78, 5) is 12.6. The summed E-state index contributed by atoms with van der Waals surface area (Å²) in [6.07, 6.45) is 5.40. The first-order valence-electron chi connectivity index (χ1n) is 9.03. The van der Waals surface area contributed by atoms with Gasteiger partial charge < -0.3 is 15.5 Å². The zero-order valence-electron chi connectivity index (χ0n) is 14.1. The van der Waals surface area contributed by atoms with Gasteiger partial charge in [0.2, 0.25) is 0 Å². The van der Waals surface area contributed by atoms with Crippen molar-refractivity contribution in [1.82, 2.24) is 5.32 Å². The number of halogens is 1. The maximum absolute atomic E-state index is 13.9. The van der Waals surface area contributed by atoms with Gasteiger partial charge in [-0.1, -0.05) is 18.6 Å². The van der Waals surface area contributed by atoms with Crippen molar-refractivity contribution in [3.05, 3.63) is 48.0 Å². The van der Waals surface area contributed by atoms with Crippen molar-refractivity contribution in [2.75, 3.05) is 0 Å². The number of benzene rings is 1. The second-order valence-corrected chi connectivity index (χ2v) is 7.33. The molecule has 25 heavy (non-hydrogen) atoms. The minimum atomic E-state index is -0.361. The number of hydrogen-bond donors (Lipinski definition) is 2. The highest BCUT2D eigenvalue weighted by molar-refractivity contribution is 5.92. The van der Waals surface area contributed by atoms with E-state index in [2.05, 4.69) is 5.32 Å². The van der Waals surface area contributed by atoms with Gasteiger partial charge in [0, 0.05) is 12.1 Å². The first kappa shape index (κ1) is 16.3. The molecule has 4 nitrogen and oxygen atoms in total. The van der Waals surface area contributed by atoms with Gasteiger partial charge in [-0.15, -0.1) is 0 Å². The lowest BCUT2D eigenvalue weighted by Crippen LogP contribution is -2.53. The monoisotopic (exact) mass is 342 g/mol. The van der Waals surface area contributed by atoms with E-state index in [9.17, 15) is 9.18 Å². The largest absolute Gasteiger partial charge is 0.451 e. The van der Waals surface area contributed by atoms with E-state index in [4.69, 9.17) is 10.2 Å². The van der Waals surface area contributed by atoms with Crippen LogP contribution in [-0.2, 0) is 0 Å². The highest BCUT2D eigenvalue weighted by Gasteiger charge is 2.40. The van der Waals surface area contributed by atoms with Crippen molar-refractivity contribution in [3.63, 3.8) is 0 Å². The summed E-state index contributed by atoms with van der Waals surface area (Å²) in [6.45, 7) is 0. The molecule has 5 heteroatoms. The number of hydrogen-bond acceptors (Lipinski definition) is 3. The predicted molar refractivity (Wildman–Crippen MR) is 93.4 cm³/mol. The smallest absolute Gasteiger partial charge is 0.287 e. The lowest BCUT2D eigenvalue weighted by Gasteiger charge is -2.45. The standard InChI is InChI=1S/C20H23FN2O2/c21-16-7-2-1-6-15(16)17-8-9-18(25-17)20(24)23-19-12-4-3-5-13(19)11-14(22)10-12/h1-2,6-9,12-14,19H,3-5,10-11,22H2,(H,23,24). The van der Waals surface area contributed by atoms with Crippen LogP contribution in [0.2, 0.25) is 0 Å². The molecule has 1 amide bonds. The first-order valence-corrected chi connectivity index (χ1v) is 9.03. The molecule has 2 fully saturated rings. The van der Waals surface area contributed by atoms with E-state index in [1.54, 1.807) is 30.3 Å². The Balaban J connectivity index is 1.50. The number of carbonyl (C=O) groups is 1. The van der Waals surface area contributed by atoms with Gasteiger partial charge in [-0.25, -0.2) is 4.39 Å². The zero-order valence-corrected chi connectivity index (χ0v) is 14.1. The Kier molecular flexibility index (Phi) is 4.34. The van der Waals surface area contributed by atoms with Crippen LogP contribution in [0.25, 0.3) is 11.3 Å². The zero-order chi connectivity index (χ0) is 17.4. The van der Waals surface area contributed by atoms with Crippen LogP contribution in [0.5, 0.6) is 0 Å². The van der Waals surface area contributed by atoms with Gasteiger partial charge in [0.1, 0.15) is 11.6 Å². The summed E-state index contributed by atoms with van der Waals surface area (Å²) < 4.78 is 19.5. The summed E-state index contributed by atoms with van der Waals surface area (Å²) >= 11 is 0. The van der Waals surface area contributed by atoms with Gasteiger partial charge >= 0.3 is 0 Å². The average Bonchev–Trinajstić information content (AvgIpc) is 3.06. The lowest BCUT2D eigenvalue weighted by molar-refractivity contribution is 0.0733. The first-order chi connectivity index (χ1) is 12.1. The summed E-state index contributed by atoms with van der Waals surface area (Å²) in [5.41, 5.74) is 6.51. The molecule has 0 saturated heterocycles. The molecule has 0 aliphatic heterocycles. The SMILES string of the molecule is NC1CC2CCCC(C1)C2NC(=O)c1ccc(-c2ccccc2F)o1. The third-order valence-corrected chi connectivity index (χ3v) is 5.64. The fraction of sp³-hybridized carbons (Fsp3) is 0.450. The van der Waals surface area contributed by atoms with Gasteiger partial charge in [0.25, 0.3) is 5.91 Å². The van der Waals surface area contributed by atoms with Crippen molar-refractivity contribution < 1.29 is 13.6 Å². The molecule has 2 aliphatic rings. The molecular weight excluding hydrogens is 319 g/mol. The summed E-state index contributed by atoms with van der Waals surface area (Å²) in [5, 5.41) is 3.16. The minimum Gasteiger partial charge on any atom is -0.451 e. The van der Waals surface area contributed by atoms with Crippen LogP contribution in [0.3, 0.4) is 0 Å². The Labute approximate surface area is 146 Å². The van der Waals surface area contributed by atoms with Crippen LogP contribution in [0.1, 0.15) is 42.7 Å². The molecule has 0 spiro atoms. The second-order valence-electron chi connectivity index (χ2n) is 7.33. The Morgan fingerprint density at radius 3 is 2.56 bits per heavy atom. The number of amides is 1. The lowest BCUT2D eigenvalue weighted by atomic mass is 9.67. The van der Waals surface area contributed by atoms with Gasteiger partial charge in [0.15, 0.2) is 5.76 Å². The number of carbonyl (C=O) groups excluding carboxylic acids is 1. The molecule has 4 rings (SSSR count). The molecule has 1 heterocycles. The predicted octanol–water partition coefficient (Wildman–Crippen LogP) is 3.72. The van der Waals surface area contributed by atoms with Crippen molar-refractivity contribution >= 4 is 5.91 Å². The van der Waals surface area contributed by atoms with Crippen LogP contribution in [-0.4, -0.2) is 18.0 Å². The van der Waals surface area contributed by atoms with E-state index in [1.165, 1.54) is 12.5 Å². The van der Waals surface area contributed by atoms with Gasteiger partial charge in [0.05, 0.1) is 5.56 Å². The maximum atomic E-state index is 13.9. The maximum Gasteiger partial charge on any atom is 0.287 e. The minimum absolute atomic E-state index is 0.170. The van der Waals surface area contributed by atoms with E-state index in [-0.39, 0.29) is 29.6 Å². The molecule has 2 bridgehead atoms. The summed E-state index contributed by atoms with van der Waals surface area (Å²) in [5.74, 6) is 0.916. The molecule has 3 N–H and O–H groups in total. The molecule has 2 aliphatic carbocycles. The Bertz CT molecular complexity index is 759. The van der Waals surface area contributed by atoms with Gasteiger partial charge in [-0.3, -0.25) is 4.79 Å². The molecule has 132 valence electrons. The number of nitrogens with two attached hydrogens (primary N) is 1. The highest BCUT2D eigenvalue weighted by Crippen LogP contribution is 2.39. The summed E-state index contributed by atoms with van der Waals surface area (Å²) in [7, 11) is 0. The molecule has 1 aromatic heterocycles. The van der Waals surface area contributed by atoms with E-state index >= 15 is 0 Å². The average molecular weight is 342 g/mol. The second kappa shape index (κ2) is 6.64. The third kappa shape index (κ3) is 3.21. The number of furan rings is 1. The molecule has 2 unspecified atom stereocenters. The Hall–Kier alpha value is -2.14. The van der Waals surface area contributed by atoms with Gasteiger partial charge in [-0.05, 0) is 61.8 Å². The number of rotatable bonds is 3. The fourth-order valence-electron chi connectivity index (χ4n) is 4.51. The van der Waals surface area contributed by atoms with Crippen LogP contribution in [0.15, 0.2) is 40.8 Å². The number of fused-ring (bicyclic) bond motifs is 2. The van der Waals surface area contributed by atoms with E-state index in [1.807, 2.05) is 0 Å². The van der Waals surface area contributed by atoms with Crippen LogP contribution in [0, 0.1) is 17.7 Å². The topological polar surface area (TPSA) is 68.3 Å². The van der Waals surface area contributed by atoms with Crippen LogP contribution < -0.4 is 11.1 Å². The van der Waals surface area contributed by atoms with Gasteiger partial charge in [-0.2, -0.15) is 0 Å². The molecule has 1 aromatic carbocycles. The molecule has 0 radical (unpaired) electrons. The van der Waals surface area contributed by atoms with E-state index < -0.39 is 0 Å². The van der Waals surface area contributed by atoms with Crippen molar-refractivity contribution in [3.8, 4) is 11.3 Å². The van der Waals surface area contributed by atoms with Crippen LogP contribution >= 0.6 is 0 Å². The fourth-order valence-corrected chi connectivity index (χ4v) is 4.51. The third-order valence-electron chi connectivity index (χ3n) is 5.64. The molecular formula is C20H23FN2O2. The van der Waals surface area contributed by atoms with E-state index in [0.29, 0.717) is 23.2 Å². The molecule has 2 atom stereocenters. The van der Waals surface area contributed by atoms with Crippen LogP contribution in [0.4, 0.5) is 4.39 Å². The molecule has 2 saturated carbocycles. The normalized spacial score (nSPS) is 28.6. The number of nitrogens with one attached hydrogen (secondary N) is 1. The molecule has 2 aromatic rings. The quantitative estimate of drug-likeness (QED) is 0.893. The Morgan fingerprint density at radius 2 is 1.84 bits per heavy atom. The summed E-state index contributed by atoms with van der Waals surface area (Å²) in [6, 6.07) is 10.1.